The first-order valence-corrected chi connectivity index (χ1v) is 12.7. The summed E-state index contributed by atoms with van der Waals surface area (Å²) in [5.41, 5.74) is 4.52. The van der Waals surface area contributed by atoms with Gasteiger partial charge in [-0.2, -0.15) is 5.10 Å². The van der Waals surface area contributed by atoms with Gasteiger partial charge in [0.05, 0.1) is 11.4 Å². The molecule has 3 aromatic rings. The first kappa shape index (κ1) is 27.9. The zero-order chi connectivity index (χ0) is 27.0. The molecule has 0 radical (unpaired) electrons. The number of carbonyl (C=O) groups excluding carboxylic acids is 2. The van der Waals surface area contributed by atoms with E-state index in [0.29, 0.717) is 31.1 Å². The van der Waals surface area contributed by atoms with Crippen LogP contribution in [0.2, 0.25) is 0 Å². The third-order valence-electron chi connectivity index (χ3n) is 6.04. The second-order valence-electron chi connectivity index (χ2n) is 10.2. The van der Waals surface area contributed by atoms with Gasteiger partial charge >= 0.3 is 6.03 Å². The molecule has 0 saturated heterocycles. The number of benzene rings is 2. The van der Waals surface area contributed by atoms with Crippen molar-refractivity contribution in [2.75, 3.05) is 37.4 Å². The number of ether oxygens (including phenoxy) is 1. The van der Waals surface area contributed by atoms with Crippen molar-refractivity contribution in [1.82, 2.24) is 14.7 Å². The predicted octanol–water partition coefficient (Wildman–Crippen LogP) is 5.55. The Bertz CT molecular complexity index is 1180. The number of nitrogens with one attached hydrogen (secondary N) is 2. The summed E-state index contributed by atoms with van der Waals surface area (Å²) >= 11 is 0. The van der Waals surface area contributed by atoms with Crippen LogP contribution in [-0.2, 0) is 21.4 Å². The maximum atomic E-state index is 13.2. The van der Waals surface area contributed by atoms with Crippen LogP contribution in [-0.4, -0.2) is 53.4 Å². The standard InChI is InChI=1S/C29H39N5O3/c1-7-22-11-13-23(14-12-22)30-28(36)33(17-8-18-37-6)20-27(35)31-26-19-25(29(3,4)5)32-34(26)24-15-9-21(2)10-16-24/h9-16,19H,7-8,17-18,20H2,1-6H3,(H,30,36)(H,31,35). The highest BCUT2D eigenvalue weighted by molar-refractivity contribution is 5.96. The number of aryl methyl sites for hydroxylation is 2. The first-order valence-electron chi connectivity index (χ1n) is 12.7. The third-order valence-corrected chi connectivity index (χ3v) is 6.04. The molecule has 198 valence electrons. The van der Waals surface area contributed by atoms with Gasteiger partial charge in [0.1, 0.15) is 12.4 Å². The molecule has 2 aromatic carbocycles. The van der Waals surface area contributed by atoms with E-state index in [1.807, 2.05) is 61.5 Å². The fourth-order valence-electron chi connectivity index (χ4n) is 3.75. The molecule has 0 aliphatic heterocycles. The van der Waals surface area contributed by atoms with Crippen molar-refractivity contribution in [3.05, 3.63) is 71.4 Å². The molecule has 8 heteroatoms. The Labute approximate surface area is 220 Å². The SMILES string of the molecule is CCc1ccc(NC(=O)N(CCCOC)CC(=O)Nc2cc(C(C)(C)C)nn2-c2ccc(C)cc2)cc1. The zero-order valence-electron chi connectivity index (χ0n) is 22.8. The number of urea groups is 1. The van der Waals surface area contributed by atoms with Crippen molar-refractivity contribution in [3.63, 3.8) is 0 Å². The molecule has 1 aromatic heterocycles. The molecule has 2 N–H and O–H groups in total. The van der Waals surface area contributed by atoms with Crippen molar-refractivity contribution < 1.29 is 14.3 Å². The minimum absolute atomic E-state index is 0.105. The zero-order valence-corrected chi connectivity index (χ0v) is 22.8. The van der Waals surface area contributed by atoms with Crippen molar-refractivity contribution in [1.29, 1.82) is 0 Å². The van der Waals surface area contributed by atoms with Crippen LogP contribution in [0.4, 0.5) is 16.3 Å². The van der Waals surface area contributed by atoms with Gasteiger partial charge in [-0.3, -0.25) is 4.79 Å². The van der Waals surface area contributed by atoms with Gasteiger partial charge in [0.25, 0.3) is 0 Å². The maximum Gasteiger partial charge on any atom is 0.322 e. The summed E-state index contributed by atoms with van der Waals surface area (Å²) < 4.78 is 6.89. The van der Waals surface area contributed by atoms with E-state index < -0.39 is 0 Å². The number of methoxy groups -OCH3 is 1. The van der Waals surface area contributed by atoms with Gasteiger partial charge in [-0.15, -0.1) is 0 Å². The molecule has 8 nitrogen and oxygen atoms in total. The van der Waals surface area contributed by atoms with Gasteiger partial charge in [-0.1, -0.05) is 57.5 Å². The molecule has 0 spiro atoms. The Morgan fingerprint density at radius 2 is 1.70 bits per heavy atom. The molecular formula is C29H39N5O3. The van der Waals surface area contributed by atoms with E-state index in [1.165, 1.54) is 10.5 Å². The summed E-state index contributed by atoms with van der Waals surface area (Å²) in [5, 5.41) is 10.7. The fourth-order valence-corrected chi connectivity index (χ4v) is 3.75. The predicted molar refractivity (Wildman–Crippen MR) is 149 cm³/mol. The van der Waals surface area contributed by atoms with E-state index in [1.54, 1.807) is 11.8 Å². The number of aromatic nitrogens is 2. The van der Waals surface area contributed by atoms with Crippen LogP contribution < -0.4 is 10.6 Å². The summed E-state index contributed by atoms with van der Waals surface area (Å²) in [5.74, 6) is 0.258. The van der Waals surface area contributed by atoms with Crippen LogP contribution in [0.5, 0.6) is 0 Å². The van der Waals surface area contributed by atoms with Gasteiger partial charge in [0.2, 0.25) is 5.91 Å². The molecule has 0 atom stereocenters. The van der Waals surface area contributed by atoms with E-state index in [2.05, 4.69) is 38.3 Å². The number of anilines is 2. The van der Waals surface area contributed by atoms with Crippen molar-refractivity contribution >= 4 is 23.4 Å². The van der Waals surface area contributed by atoms with Crippen LogP contribution in [0.1, 0.15) is 50.9 Å². The molecule has 0 aliphatic carbocycles. The highest BCUT2D eigenvalue weighted by Crippen LogP contribution is 2.26. The van der Waals surface area contributed by atoms with E-state index in [-0.39, 0.29) is 23.9 Å². The summed E-state index contributed by atoms with van der Waals surface area (Å²) in [4.78, 5) is 27.8. The molecule has 3 amide bonds. The highest BCUT2D eigenvalue weighted by Gasteiger charge is 2.23. The van der Waals surface area contributed by atoms with Crippen molar-refractivity contribution in [2.24, 2.45) is 0 Å². The molecule has 3 rings (SSSR count). The third kappa shape index (κ3) is 7.92. The number of carbonyl (C=O) groups is 2. The van der Waals surface area contributed by atoms with Crippen LogP contribution in [0.15, 0.2) is 54.6 Å². The Hall–Kier alpha value is -3.65. The lowest BCUT2D eigenvalue weighted by atomic mass is 9.92. The summed E-state index contributed by atoms with van der Waals surface area (Å²) in [6, 6.07) is 17.2. The van der Waals surface area contributed by atoms with Crippen LogP contribution in [0, 0.1) is 6.92 Å². The molecule has 0 aliphatic rings. The van der Waals surface area contributed by atoms with Gasteiger partial charge in [-0.05, 0) is 49.6 Å². The van der Waals surface area contributed by atoms with E-state index >= 15 is 0 Å². The van der Waals surface area contributed by atoms with Crippen LogP contribution in [0.3, 0.4) is 0 Å². The van der Waals surface area contributed by atoms with Crippen molar-refractivity contribution in [3.8, 4) is 5.69 Å². The topological polar surface area (TPSA) is 88.5 Å². The monoisotopic (exact) mass is 505 g/mol. The van der Waals surface area contributed by atoms with Crippen LogP contribution in [0.25, 0.3) is 5.69 Å². The normalized spacial score (nSPS) is 11.3. The quantitative estimate of drug-likeness (QED) is 0.354. The maximum absolute atomic E-state index is 13.2. The number of nitrogens with zero attached hydrogens (tertiary/aromatic N) is 3. The molecule has 0 fully saturated rings. The minimum atomic E-state index is -0.335. The minimum Gasteiger partial charge on any atom is -0.385 e. The largest absolute Gasteiger partial charge is 0.385 e. The molecule has 0 saturated carbocycles. The summed E-state index contributed by atoms with van der Waals surface area (Å²) in [7, 11) is 1.62. The van der Waals surface area contributed by atoms with Crippen LogP contribution >= 0.6 is 0 Å². The Morgan fingerprint density at radius 1 is 1.03 bits per heavy atom. The van der Waals surface area contributed by atoms with Gasteiger partial charge in [0.15, 0.2) is 0 Å². The van der Waals surface area contributed by atoms with Crippen molar-refractivity contribution in [2.45, 2.75) is 52.9 Å². The smallest absolute Gasteiger partial charge is 0.322 e. The lowest BCUT2D eigenvalue weighted by molar-refractivity contribution is -0.116. The number of rotatable bonds is 10. The first-order chi connectivity index (χ1) is 17.6. The highest BCUT2D eigenvalue weighted by atomic mass is 16.5. The fraction of sp³-hybridized carbons (Fsp3) is 0.414. The average Bonchev–Trinajstić information content (AvgIpc) is 3.28. The molecule has 1 heterocycles. The van der Waals surface area contributed by atoms with E-state index in [9.17, 15) is 9.59 Å². The Balaban J connectivity index is 1.78. The number of hydrogen-bond acceptors (Lipinski definition) is 4. The molecule has 0 bridgehead atoms. The second kappa shape index (κ2) is 12.5. The number of amides is 3. The van der Waals surface area contributed by atoms with Gasteiger partial charge < -0.3 is 20.3 Å². The van der Waals surface area contributed by atoms with E-state index in [0.717, 1.165) is 23.4 Å². The van der Waals surface area contributed by atoms with E-state index in [4.69, 9.17) is 9.84 Å². The lowest BCUT2D eigenvalue weighted by Crippen LogP contribution is -2.41. The van der Waals surface area contributed by atoms with Gasteiger partial charge in [0, 0.05) is 37.4 Å². The second-order valence-corrected chi connectivity index (χ2v) is 10.2. The molecule has 0 unspecified atom stereocenters. The Morgan fingerprint density at radius 3 is 2.30 bits per heavy atom. The molecular weight excluding hydrogens is 466 g/mol. The van der Waals surface area contributed by atoms with Gasteiger partial charge in [-0.25, -0.2) is 9.48 Å². The summed E-state index contributed by atoms with van der Waals surface area (Å²) in [6.07, 6.45) is 1.54. The molecule has 37 heavy (non-hydrogen) atoms. The number of hydrogen-bond donors (Lipinski definition) is 2. The lowest BCUT2D eigenvalue weighted by Gasteiger charge is -2.23. The average molecular weight is 506 g/mol. The Kier molecular flexibility index (Phi) is 9.47. The summed E-state index contributed by atoms with van der Waals surface area (Å²) in [6.45, 7) is 11.1.